The van der Waals surface area contributed by atoms with Gasteiger partial charge in [-0.15, -0.1) is 11.3 Å². The van der Waals surface area contributed by atoms with E-state index in [0.717, 1.165) is 42.9 Å². The molecule has 0 atom stereocenters. The number of para-hydroxylation sites is 1. The molecule has 0 amide bonds. The lowest BCUT2D eigenvalue weighted by molar-refractivity contribution is -0.305. The van der Waals surface area contributed by atoms with Crippen molar-refractivity contribution in [1.82, 2.24) is 4.98 Å². The van der Waals surface area contributed by atoms with Crippen molar-refractivity contribution in [2.45, 2.75) is 12.8 Å². The highest BCUT2D eigenvalue weighted by atomic mass is 32.1. The van der Waals surface area contributed by atoms with Crippen molar-refractivity contribution < 1.29 is 14.6 Å². The summed E-state index contributed by atoms with van der Waals surface area (Å²) in [6.07, 6.45) is 2.36. The van der Waals surface area contributed by atoms with Gasteiger partial charge in [-0.2, -0.15) is 0 Å². The van der Waals surface area contributed by atoms with Crippen molar-refractivity contribution >= 4 is 49.9 Å². The molecule has 5 heteroatoms. The number of benzene rings is 3. The molecule has 0 unspecified atom stereocenters. The number of carboxylic acids is 1. The number of aliphatic carboxylic acids is 1. The number of rotatable bonds is 6. The highest BCUT2D eigenvalue weighted by Gasteiger charge is 2.10. The van der Waals surface area contributed by atoms with Gasteiger partial charge in [0, 0.05) is 5.97 Å². The fourth-order valence-electron chi connectivity index (χ4n) is 3.15. The van der Waals surface area contributed by atoms with Crippen molar-refractivity contribution in [3.8, 4) is 5.75 Å². The van der Waals surface area contributed by atoms with Crippen LogP contribution >= 0.6 is 11.3 Å². The Balaban J connectivity index is 1.75. The first-order chi connectivity index (χ1) is 13.6. The number of methoxy groups -OCH3 is 1. The first-order valence-electron chi connectivity index (χ1n) is 8.96. The second-order valence-corrected chi connectivity index (χ2v) is 7.53. The van der Waals surface area contributed by atoms with Crippen LogP contribution in [-0.2, 0) is 4.79 Å². The van der Waals surface area contributed by atoms with E-state index in [-0.39, 0.29) is 6.42 Å². The van der Waals surface area contributed by atoms with Gasteiger partial charge in [-0.25, -0.2) is 4.98 Å². The first-order valence-corrected chi connectivity index (χ1v) is 9.78. The maximum Gasteiger partial charge on any atom is 0.120 e. The minimum Gasteiger partial charge on any atom is -0.550 e. The van der Waals surface area contributed by atoms with Gasteiger partial charge in [0.15, 0.2) is 0 Å². The summed E-state index contributed by atoms with van der Waals surface area (Å²) >= 11 is 1.58. The maximum atomic E-state index is 11.0. The fraction of sp³-hybridized carbons (Fsp3) is 0.130. The lowest BCUT2D eigenvalue weighted by Gasteiger charge is -2.07. The number of fused-ring (bicyclic) bond motifs is 2. The largest absolute Gasteiger partial charge is 0.550 e. The average Bonchev–Trinajstić information content (AvgIpc) is 3.14. The van der Waals surface area contributed by atoms with Crippen LogP contribution in [0.4, 0.5) is 0 Å². The fourth-order valence-corrected chi connectivity index (χ4v) is 4.16. The van der Waals surface area contributed by atoms with Crippen LogP contribution in [0.3, 0.4) is 0 Å². The van der Waals surface area contributed by atoms with Crippen LogP contribution in [0.2, 0.25) is 0 Å². The quantitative estimate of drug-likeness (QED) is 0.487. The van der Waals surface area contributed by atoms with Gasteiger partial charge in [-0.1, -0.05) is 30.3 Å². The molecule has 140 valence electrons. The zero-order valence-corrected chi connectivity index (χ0v) is 16.2. The van der Waals surface area contributed by atoms with Crippen LogP contribution in [0, 0.1) is 0 Å². The Morgan fingerprint density at radius 3 is 2.64 bits per heavy atom. The molecule has 0 fully saturated rings. The molecular formula is C23H18NO3S-. The van der Waals surface area contributed by atoms with E-state index in [2.05, 4.69) is 6.07 Å². The van der Waals surface area contributed by atoms with Crippen LogP contribution in [0.15, 0.2) is 60.7 Å². The molecule has 4 rings (SSSR count). The molecule has 0 aliphatic carbocycles. The summed E-state index contributed by atoms with van der Waals surface area (Å²) < 4.78 is 6.36. The molecule has 0 radical (unpaired) electrons. The number of hydrogen-bond acceptors (Lipinski definition) is 5. The number of nitrogens with zero attached hydrogens (tertiary/aromatic N) is 1. The summed E-state index contributed by atoms with van der Waals surface area (Å²) in [6, 6.07) is 20.0. The minimum atomic E-state index is -1.06. The third-order valence-electron chi connectivity index (χ3n) is 4.58. The third kappa shape index (κ3) is 3.89. The Morgan fingerprint density at radius 2 is 1.86 bits per heavy atom. The molecule has 1 heterocycles. The number of ether oxygens (including phenoxy) is 1. The molecule has 4 nitrogen and oxygen atoms in total. The van der Waals surface area contributed by atoms with Crippen molar-refractivity contribution in [2.75, 3.05) is 7.11 Å². The van der Waals surface area contributed by atoms with Crippen LogP contribution in [0.5, 0.6) is 5.75 Å². The Kier molecular flexibility index (Phi) is 5.08. The Hall–Kier alpha value is -3.18. The number of carboxylic acid groups (broad SMARTS) is 1. The van der Waals surface area contributed by atoms with Crippen molar-refractivity contribution in [3.05, 3.63) is 71.2 Å². The van der Waals surface area contributed by atoms with Gasteiger partial charge in [-0.3, -0.25) is 0 Å². The predicted octanol–water partition coefficient (Wildman–Crippen LogP) is 4.53. The van der Waals surface area contributed by atoms with E-state index in [1.807, 2.05) is 60.7 Å². The van der Waals surface area contributed by atoms with E-state index >= 15 is 0 Å². The van der Waals surface area contributed by atoms with E-state index in [0.29, 0.717) is 6.42 Å². The maximum absolute atomic E-state index is 11.0. The lowest BCUT2D eigenvalue weighted by atomic mass is 10.0. The summed E-state index contributed by atoms with van der Waals surface area (Å²) in [7, 11) is 1.65. The highest BCUT2D eigenvalue weighted by Crippen LogP contribution is 2.31. The van der Waals surface area contributed by atoms with E-state index in [4.69, 9.17) is 9.72 Å². The predicted molar refractivity (Wildman–Crippen MR) is 112 cm³/mol. The minimum absolute atomic E-state index is 0.0352. The van der Waals surface area contributed by atoms with E-state index < -0.39 is 5.97 Å². The molecular weight excluding hydrogens is 370 g/mol. The van der Waals surface area contributed by atoms with Gasteiger partial charge in [0.1, 0.15) is 10.8 Å². The Labute approximate surface area is 166 Å². The summed E-state index contributed by atoms with van der Waals surface area (Å²) in [4.78, 5) is 15.7. The third-order valence-corrected chi connectivity index (χ3v) is 5.69. The summed E-state index contributed by atoms with van der Waals surface area (Å²) in [6.45, 7) is 0. The van der Waals surface area contributed by atoms with Gasteiger partial charge < -0.3 is 14.6 Å². The first kappa shape index (κ1) is 18.2. The Morgan fingerprint density at radius 1 is 1.07 bits per heavy atom. The van der Waals surface area contributed by atoms with Gasteiger partial charge in [0.25, 0.3) is 0 Å². The monoisotopic (exact) mass is 388 g/mol. The molecule has 1 aromatic heterocycles. The number of allylic oxidation sites excluding steroid dienone is 1. The second-order valence-electron chi connectivity index (χ2n) is 6.50. The topological polar surface area (TPSA) is 62.2 Å². The molecule has 3 aromatic carbocycles. The standard InChI is InChI=1S/C23H19NO3S/c1-27-19-10-8-16-12-15(6-7-17(16)14-19)13-18(9-11-22(25)26)23-24-20-4-2-3-5-21(20)28-23/h2-8,10,12-14H,9,11H2,1H3,(H,25,26)/p-1/b18-13+. The van der Waals surface area contributed by atoms with Crippen molar-refractivity contribution in [3.63, 3.8) is 0 Å². The van der Waals surface area contributed by atoms with E-state index in [1.54, 1.807) is 18.4 Å². The number of aromatic nitrogens is 1. The lowest BCUT2D eigenvalue weighted by Crippen LogP contribution is -2.21. The molecule has 28 heavy (non-hydrogen) atoms. The molecule has 0 spiro atoms. The van der Waals surface area contributed by atoms with Crippen LogP contribution in [0.25, 0.3) is 32.6 Å². The van der Waals surface area contributed by atoms with Crippen LogP contribution < -0.4 is 9.84 Å². The Bertz CT molecular complexity index is 1160. The van der Waals surface area contributed by atoms with Gasteiger partial charge >= 0.3 is 0 Å². The molecule has 0 saturated heterocycles. The number of carbonyl (C=O) groups excluding carboxylic acids is 1. The average molecular weight is 388 g/mol. The summed E-state index contributed by atoms with van der Waals surface area (Å²) in [5.74, 6) is -0.238. The zero-order chi connectivity index (χ0) is 19.5. The van der Waals surface area contributed by atoms with Crippen LogP contribution in [0.1, 0.15) is 23.4 Å². The normalized spacial score (nSPS) is 11.8. The molecule has 0 aliphatic rings. The second kappa shape index (κ2) is 7.82. The highest BCUT2D eigenvalue weighted by molar-refractivity contribution is 7.19. The van der Waals surface area contributed by atoms with E-state index in [9.17, 15) is 9.90 Å². The molecule has 0 aliphatic heterocycles. The molecule has 4 aromatic rings. The molecule has 0 N–H and O–H groups in total. The summed E-state index contributed by atoms with van der Waals surface area (Å²) in [5.41, 5.74) is 2.83. The number of hydrogen-bond donors (Lipinski definition) is 0. The van der Waals surface area contributed by atoms with Gasteiger partial charge in [-0.05, 0) is 71.2 Å². The van der Waals surface area contributed by atoms with Gasteiger partial charge in [0.2, 0.25) is 0 Å². The molecule has 0 bridgehead atoms. The van der Waals surface area contributed by atoms with Crippen molar-refractivity contribution in [1.29, 1.82) is 0 Å². The smallest absolute Gasteiger partial charge is 0.120 e. The van der Waals surface area contributed by atoms with Gasteiger partial charge in [0.05, 0.1) is 17.3 Å². The molecule has 0 saturated carbocycles. The summed E-state index contributed by atoms with van der Waals surface area (Å²) in [5, 5.41) is 14.1. The SMILES string of the molecule is COc1ccc2cc(/C=C(\CCC(=O)[O-])c3nc4ccccc4s3)ccc2c1. The van der Waals surface area contributed by atoms with E-state index in [1.165, 1.54) is 0 Å². The zero-order valence-electron chi connectivity index (χ0n) is 15.3. The van der Waals surface area contributed by atoms with Crippen LogP contribution in [-0.4, -0.2) is 18.1 Å². The van der Waals surface area contributed by atoms with Crippen molar-refractivity contribution in [2.24, 2.45) is 0 Å². The number of thiazole rings is 1. The number of carbonyl (C=O) groups is 1.